The van der Waals surface area contributed by atoms with Gasteiger partial charge in [-0.3, -0.25) is 9.10 Å². The average Bonchev–Trinajstić information content (AvgIpc) is 3.10. The van der Waals surface area contributed by atoms with Gasteiger partial charge in [-0.25, -0.2) is 8.42 Å². The van der Waals surface area contributed by atoms with E-state index in [4.69, 9.17) is 0 Å². The molecule has 1 N–H and O–H groups in total. The van der Waals surface area contributed by atoms with Crippen molar-refractivity contribution in [1.29, 1.82) is 0 Å². The van der Waals surface area contributed by atoms with Gasteiger partial charge in [0.05, 0.1) is 30.3 Å². The summed E-state index contributed by atoms with van der Waals surface area (Å²) in [5.41, 5.74) is 1.58. The van der Waals surface area contributed by atoms with E-state index in [1.165, 1.54) is 16.1 Å². The molecule has 0 saturated carbocycles. The zero-order chi connectivity index (χ0) is 22.4. The van der Waals surface area contributed by atoms with Crippen molar-refractivity contribution in [3.63, 3.8) is 0 Å². The average molecular weight is 460 g/mol. The predicted octanol–water partition coefficient (Wildman–Crippen LogP) is 2.75. The summed E-state index contributed by atoms with van der Waals surface area (Å²) >= 11 is 1.25. The number of nitrogens with zero attached hydrogens (tertiary/aromatic N) is 4. The van der Waals surface area contributed by atoms with Crippen molar-refractivity contribution < 1.29 is 13.2 Å². The van der Waals surface area contributed by atoms with Gasteiger partial charge in [0.25, 0.3) is 0 Å². The molecule has 0 aliphatic heterocycles. The number of benzene rings is 2. The van der Waals surface area contributed by atoms with Crippen molar-refractivity contribution in [3.05, 3.63) is 72.1 Å². The van der Waals surface area contributed by atoms with Crippen molar-refractivity contribution >= 4 is 33.4 Å². The molecule has 0 aliphatic rings. The van der Waals surface area contributed by atoms with Crippen molar-refractivity contribution in [2.75, 3.05) is 16.3 Å². The molecule has 8 nitrogen and oxygen atoms in total. The number of thioether (sulfide) groups is 1. The minimum atomic E-state index is -3.51. The minimum absolute atomic E-state index is 0.0458. The molecule has 1 unspecified atom stereocenters. The molecule has 10 heteroatoms. The van der Waals surface area contributed by atoms with E-state index in [-0.39, 0.29) is 24.2 Å². The van der Waals surface area contributed by atoms with Gasteiger partial charge in [-0.05, 0) is 24.6 Å². The molecule has 164 valence electrons. The molecule has 0 spiro atoms. The zero-order valence-corrected chi connectivity index (χ0v) is 19.2. The van der Waals surface area contributed by atoms with E-state index < -0.39 is 10.0 Å². The number of amides is 1. The van der Waals surface area contributed by atoms with Crippen LogP contribution < -0.4 is 9.62 Å². The number of aromatic nitrogens is 3. The van der Waals surface area contributed by atoms with E-state index in [1.807, 2.05) is 43.3 Å². The monoisotopic (exact) mass is 459 g/mol. The molecule has 3 rings (SSSR count). The number of para-hydroxylation sites is 1. The van der Waals surface area contributed by atoms with E-state index in [0.717, 1.165) is 11.8 Å². The quantitative estimate of drug-likeness (QED) is 0.494. The normalized spacial score (nSPS) is 12.4. The Morgan fingerprint density at radius 3 is 2.32 bits per heavy atom. The Kier molecular flexibility index (Phi) is 7.34. The van der Waals surface area contributed by atoms with Crippen molar-refractivity contribution in [2.45, 2.75) is 24.7 Å². The first-order valence-electron chi connectivity index (χ1n) is 9.64. The maximum Gasteiger partial charge on any atom is 0.232 e. The maximum absolute atomic E-state index is 12.3. The summed E-state index contributed by atoms with van der Waals surface area (Å²) in [6, 6.07) is 18.5. The van der Waals surface area contributed by atoms with Crippen LogP contribution in [0.15, 0.2) is 65.8 Å². The van der Waals surface area contributed by atoms with Gasteiger partial charge in [0, 0.05) is 7.05 Å². The van der Waals surface area contributed by atoms with Crippen LogP contribution in [-0.2, 0) is 28.4 Å². The van der Waals surface area contributed by atoms with Crippen LogP contribution >= 0.6 is 11.8 Å². The first-order valence-corrected chi connectivity index (χ1v) is 12.5. The van der Waals surface area contributed by atoms with Gasteiger partial charge in [-0.15, -0.1) is 10.2 Å². The second kappa shape index (κ2) is 9.97. The fourth-order valence-electron chi connectivity index (χ4n) is 2.97. The smallest absolute Gasteiger partial charge is 0.232 e. The third kappa shape index (κ3) is 6.08. The Balaban J connectivity index is 1.64. The molecule has 1 amide bonds. The molecule has 3 aromatic rings. The van der Waals surface area contributed by atoms with Gasteiger partial charge in [0.1, 0.15) is 0 Å². The van der Waals surface area contributed by atoms with Crippen molar-refractivity contribution in [1.82, 2.24) is 20.1 Å². The number of hydrogen-bond donors (Lipinski definition) is 1. The van der Waals surface area contributed by atoms with Gasteiger partial charge in [-0.1, -0.05) is 60.3 Å². The number of anilines is 1. The summed E-state index contributed by atoms with van der Waals surface area (Å²) in [6.45, 7) is 1.98. The van der Waals surface area contributed by atoms with Crippen molar-refractivity contribution in [2.24, 2.45) is 7.05 Å². The SMILES string of the molecule is CC(NC(=O)CSc1nnc(CN(c2ccccc2)S(C)(=O)=O)n1C)c1ccccc1. The van der Waals surface area contributed by atoms with Crippen LogP contribution in [0, 0.1) is 0 Å². The van der Waals surface area contributed by atoms with Crippen LogP contribution in [0.5, 0.6) is 0 Å². The lowest BCUT2D eigenvalue weighted by Gasteiger charge is -2.21. The van der Waals surface area contributed by atoms with Gasteiger partial charge in [0.2, 0.25) is 15.9 Å². The van der Waals surface area contributed by atoms with Crippen LogP contribution in [-0.4, -0.2) is 41.1 Å². The fourth-order valence-corrected chi connectivity index (χ4v) is 4.57. The number of carbonyl (C=O) groups excluding carboxylic acids is 1. The van der Waals surface area contributed by atoms with E-state index >= 15 is 0 Å². The van der Waals surface area contributed by atoms with Crippen LogP contribution in [0.2, 0.25) is 0 Å². The maximum atomic E-state index is 12.3. The highest BCUT2D eigenvalue weighted by Gasteiger charge is 2.21. The number of nitrogens with one attached hydrogen (secondary N) is 1. The lowest BCUT2D eigenvalue weighted by atomic mass is 10.1. The summed E-state index contributed by atoms with van der Waals surface area (Å²) in [6.07, 6.45) is 1.16. The number of carbonyl (C=O) groups is 1. The van der Waals surface area contributed by atoms with E-state index in [0.29, 0.717) is 16.7 Å². The van der Waals surface area contributed by atoms with Crippen LogP contribution in [0.4, 0.5) is 5.69 Å². The molecule has 0 saturated heterocycles. The Morgan fingerprint density at radius 1 is 1.10 bits per heavy atom. The summed E-state index contributed by atoms with van der Waals surface area (Å²) < 4.78 is 27.6. The molecular weight excluding hydrogens is 434 g/mol. The molecule has 1 heterocycles. The van der Waals surface area contributed by atoms with Crippen molar-refractivity contribution in [3.8, 4) is 0 Å². The summed E-state index contributed by atoms with van der Waals surface area (Å²) in [5, 5.41) is 11.8. The molecule has 1 aromatic heterocycles. The Bertz CT molecular complexity index is 1120. The highest BCUT2D eigenvalue weighted by Crippen LogP contribution is 2.22. The van der Waals surface area contributed by atoms with Crippen LogP contribution in [0.25, 0.3) is 0 Å². The molecule has 31 heavy (non-hydrogen) atoms. The lowest BCUT2D eigenvalue weighted by Crippen LogP contribution is -2.30. The minimum Gasteiger partial charge on any atom is -0.349 e. The Hall–Kier alpha value is -2.85. The molecule has 1 atom stereocenters. The van der Waals surface area contributed by atoms with E-state index in [9.17, 15) is 13.2 Å². The Morgan fingerprint density at radius 2 is 1.71 bits per heavy atom. The van der Waals surface area contributed by atoms with E-state index in [1.54, 1.807) is 35.9 Å². The van der Waals surface area contributed by atoms with Gasteiger partial charge >= 0.3 is 0 Å². The first-order chi connectivity index (χ1) is 14.8. The summed E-state index contributed by atoms with van der Waals surface area (Å²) in [4.78, 5) is 12.3. The second-order valence-electron chi connectivity index (χ2n) is 7.05. The largest absolute Gasteiger partial charge is 0.349 e. The fraction of sp³-hybridized carbons (Fsp3) is 0.286. The van der Waals surface area contributed by atoms with Gasteiger partial charge < -0.3 is 9.88 Å². The standard InChI is InChI=1S/C21H25N5O3S2/c1-16(17-10-6-4-7-11-17)22-20(27)15-30-21-24-23-19(25(21)2)14-26(31(3,28)29)18-12-8-5-9-13-18/h4-13,16H,14-15H2,1-3H3,(H,22,27). The third-order valence-electron chi connectivity index (χ3n) is 4.66. The van der Waals surface area contributed by atoms with Crippen LogP contribution in [0.1, 0.15) is 24.4 Å². The molecule has 0 aliphatic carbocycles. The predicted molar refractivity (Wildman–Crippen MR) is 122 cm³/mol. The van der Waals surface area contributed by atoms with Gasteiger partial charge in [0.15, 0.2) is 11.0 Å². The summed E-state index contributed by atoms with van der Waals surface area (Å²) in [5.74, 6) is 0.542. The Labute approximate surface area is 186 Å². The second-order valence-corrected chi connectivity index (χ2v) is 9.90. The third-order valence-corrected chi connectivity index (χ3v) is 6.82. The summed E-state index contributed by atoms with van der Waals surface area (Å²) in [7, 11) is -1.75. The highest BCUT2D eigenvalue weighted by molar-refractivity contribution is 7.99. The highest BCUT2D eigenvalue weighted by atomic mass is 32.2. The molecular formula is C21H25N5O3S2. The van der Waals surface area contributed by atoms with Gasteiger partial charge in [-0.2, -0.15) is 0 Å². The first kappa shape index (κ1) is 22.8. The topological polar surface area (TPSA) is 97.2 Å². The molecule has 2 aromatic carbocycles. The number of sulfonamides is 1. The van der Waals surface area contributed by atoms with E-state index in [2.05, 4.69) is 15.5 Å². The van der Waals surface area contributed by atoms with Crippen LogP contribution in [0.3, 0.4) is 0 Å². The number of rotatable bonds is 9. The zero-order valence-electron chi connectivity index (χ0n) is 17.6. The lowest BCUT2D eigenvalue weighted by molar-refractivity contribution is -0.119. The molecule has 0 fully saturated rings. The number of hydrogen-bond acceptors (Lipinski definition) is 6. The molecule has 0 bridgehead atoms. The molecule has 0 radical (unpaired) electrons.